The lowest BCUT2D eigenvalue weighted by Crippen LogP contribution is -1.96. The minimum absolute atomic E-state index is 0.292. The van der Waals surface area contributed by atoms with Crippen LogP contribution >= 0.6 is 0 Å². The summed E-state index contributed by atoms with van der Waals surface area (Å²) in [4.78, 5) is 0. The van der Waals surface area contributed by atoms with E-state index in [-0.39, 0.29) is 6.10 Å². The Labute approximate surface area is 118 Å². The van der Waals surface area contributed by atoms with Gasteiger partial charge in [-0.3, -0.25) is 0 Å². The maximum atomic E-state index is 9.74. The Morgan fingerprint density at radius 2 is 1.63 bits per heavy atom. The number of aromatic nitrogens is 1. The predicted molar refractivity (Wildman–Crippen MR) is 82.3 cm³/mol. The molecule has 0 saturated carbocycles. The van der Waals surface area contributed by atoms with Gasteiger partial charge >= 0.3 is 0 Å². The third kappa shape index (κ3) is 6.81. The molecule has 1 heterocycles. The monoisotopic (exact) mass is 265 g/mol. The predicted octanol–water partition coefficient (Wildman–Crippen LogP) is 5.07. The Morgan fingerprint density at radius 1 is 1.00 bits per heavy atom. The average Bonchev–Trinajstić information content (AvgIpc) is 2.89. The lowest BCUT2D eigenvalue weighted by atomic mass is 10.1. The van der Waals surface area contributed by atoms with E-state index in [4.69, 9.17) is 0 Å². The molecule has 0 aliphatic carbocycles. The van der Waals surface area contributed by atoms with Gasteiger partial charge < -0.3 is 9.67 Å². The van der Waals surface area contributed by atoms with E-state index >= 15 is 0 Å². The number of unbranched alkanes of at least 4 members (excludes halogenated alkanes) is 7. The Hall–Kier alpha value is -0.760. The summed E-state index contributed by atoms with van der Waals surface area (Å²) in [7, 11) is 0. The molecule has 110 valence electrons. The molecule has 0 aliphatic rings. The van der Waals surface area contributed by atoms with E-state index < -0.39 is 0 Å². The first-order chi connectivity index (χ1) is 9.27. The second-order valence-corrected chi connectivity index (χ2v) is 5.58. The van der Waals surface area contributed by atoms with Crippen LogP contribution in [0.15, 0.2) is 18.5 Å². The van der Waals surface area contributed by atoms with Gasteiger partial charge in [-0.05, 0) is 24.5 Å². The molecule has 19 heavy (non-hydrogen) atoms. The second-order valence-electron chi connectivity index (χ2n) is 5.58. The highest BCUT2D eigenvalue weighted by Crippen LogP contribution is 2.17. The summed E-state index contributed by atoms with van der Waals surface area (Å²) in [5.41, 5.74) is 1.06. The largest absolute Gasteiger partial charge is 0.388 e. The van der Waals surface area contributed by atoms with Crippen molar-refractivity contribution in [2.75, 3.05) is 0 Å². The van der Waals surface area contributed by atoms with Crippen LogP contribution in [0.3, 0.4) is 0 Å². The van der Waals surface area contributed by atoms with Crippen molar-refractivity contribution in [2.24, 2.45) is 0 Å². The Morgan fingerprint density at radius 3 is 2.26 bits per heavy atom. The van der Waals surface area contributed by atoms with E-state index in [1.807, 2.05) is 13.0 Å². The lowest BCUT2D eigenvalue weighted by molar-refractivity contribution is 0.173. The highest BCUT2D eigenvalue weighted by molar-refractivity contribution is 5.13. The van der Waals surface area contributed by atoms with Crippen molar-refractivity contribution < 1.29 is 5.11 Å². The highest BCUT2D eigenvalue weighted by Gasteiger charge is 2.05. The minimum Gasteiger partial charge on any atom is -0.388 e. The summed E-state index contributed by atoms with van der Waals surface area (Å²) >= 11 is 0. The molecule has 1 atom stereocenters. The lowest BCUT2D eigenvalue weighted by Gasteiger charge is -2.05. The van der Waals surface area contributed by atoms with Crippen molar-refractivity contribution in [3.63, 3.8) is 0 Å². The maximum absolute atomic E-state index is 9.74. The van der Waals surface area contributed by atoms with Gasteiger partial charge in [0.25, 0.3) is 0 Å². The molecule has 0 aromatic carbocycles. The summed E-state index contributed by atoms with van der Waals surface area (Å²) in [5, 5.41) is 9.74. The van der Waals surface area contributed by atoms with Crippen LogP contribution in [-0.4, -0.2) is 9.67 Å². The van der Waals surface area contributed by atoms with Crippen molar-refractivity contribution in [1.82, 2.24) is 4.57 Å². The molecule has 2 nitrogen and oxygen atoms in total. The molecule has 2 heteroatoms. The van der Waals surface area contributed by atoms with Gasteiger partial charge in [0.2, 0.25) is 0 Å². The molecular formula is C17H31NO. The SMILES string of the molecule is CCCCCCCCCCn1ccc(C(O)CC)c1. The van der Waals surface area contributed by atoms with Gasteiger partial charge in [0.15, 0.2) is 0 Å². The number of hydrogen-bond acceptors (Lipinski definition) is 1. The van der Waals surface area contributed by atoms with Gasteiger partial charge in [-0.15, -0.1) is 0 Å². The Balaban J connectivity index is 2.04. The summed E-state index contributed by atoms with van der Waals surface area (Å²) < 4.78 is 2.21. The molecule has 1 unspecified atom stereocenters. The second kappa shape index (κ2) is 10.1. The van der Waals surface area contributed by atoms with Crippen molar-refractivity contribution >= 4 is 0 Å². The Bertz CT molecular complexity index is 319. The third-order valence-electron chi connectivity index (χ3n) is 3.81. The quantitative estimate of drug-likeness (QED) is 0.555. The van der Waals surface area contributed by atoms with E-state index in [1.54, 1.807) is 0 Å². The fourth-order valence-electron chi connectivity index (χ4n) is 2.46. The topological polar surface area (TPSA) is 25.2 Å². The van der Waals surface area contributed by atoms with Crippen molar-refractivity contribution in [3.8, 4) is 0 Å². The molecular weight excluding hydrogens is 234 g/mol. The highest BCUT2D eigenvalue weighted by atomic mass is 16.3. The minimum atomic E-state index is -0.292. The number of aliphatic hydroxyl groups is 1. The summed E-state index contributed by atoms with van der Waals surface area (Å²) in [6, 6.07) is 2.04. The fourth-order valence-corrected chi connectivity index (χ4v) is 2.46. The van der Waals surface area contributed by atoms with Crippen molar-refractivity contribution in [2.45, 2.75) is 84.3 Å². The smallest absolute Gasteiger partial charge is 0.0802 e. The molecule has 1 aromatic heterocycles. The van der Waals surface area contributed by atoms with Gasteiger partial charge in [0, 0.05) is 18.9 Å². The van der Waals surface area contributed by atoms with Gasteiger partial charge in [-0.2, -0.15) is 0 Å². The normalized spacial score (nSPS) is 12.8. The zero-order chi connectivity index (χ0) is 13.9. The van der Waals surface area contributed by atoms with Crippen LogP contribution in [0.4, 0.5) is 0 Å². The first-order valence-electron chi connectivity index (χ1n) is 8.11. The molecule has 0 radical (unpaired) electrons. The molecule has 0 fully saturated rings. The molecule has 0 aliphatic heterocycles. The third-order valence-corrected chi connectivity index (χ3v) is 3.81. The van der Waals surface area contributed by atoms with Crippen LogP contribution in [0, 0.1) is 0 Å². The van der Waals surface area contributed by atoms with Crippen molar-refractivity contribution in [3.05, 3.63) is 24.0 Å². The van der Waals surface area contributed by atoms with Crippen LogP contribution in [0.1, 0.15) is 83.3 Å². The van der Waals surface area contributed by atoms with Gasteiger partial charge in [0.05, 0.1) is 6.10 Å². The van der Waals surface area contributed by atoms with Crippen LogP contribution in [0.25, 0.3) is 0 Å². The molecule has 0 amide bonds. The molecule has 1 rings (SSSR count). The molecule has 0 spiro atoms. The fraction of sp³-hybridized carbons (Fsp3) is 0.765. The van der Waals surface area contributed by atoms with Gasteiger partial charge in [0.1, 0.15) is 0 Å². The van der Waals surface area contributed by atoms with E-state index in [0.29, 0.717) is 0 Å². The number of hydrogen-bond donors (Lipinski definition) is 1. The summed E-state index contributed by atoms with van der Waals surface area (Å²) in [5.74, 6) is 0. The standard InChI is InChI=1S/C17H31NO/c1-3-5-6-7-8-9-10-11-13-18-14-12-16(15-18)17(19)4-2/h12,14-15,17,19H,3-11,13H2,1-2H3. The van der Waals surface area contributed by atoms with Crippen molar-refractivity contribution in [1.29, 1.82) is 0 Å². The van der Waals surface area contributed by atoms with E-state index in [1.165, 1.54) is 51.4 Å². The number of rotatable bonds is 11. The molecule has 1 N–H and O–H groups in total. The number of aryl methyl sites for hydroxylation is 1. The van der Waals surface area contributed by atoms with E-state index in [2.05, 4.69) is 23.9 Å². The van der Waals surface area contributed by atoms with E-state index in [0.717, 1.165) is 18.5 Å². The molecule has 1 aromatic rings. The maximum Gasteiger partial charge on any atom is 0.0802 e. The van der Waals surface area contributed by atoms with Crippen LogP contribution < -0.4 is 0 Å². The zero-order valence-electron chi connectivity index (χ0n) is 12.8. The van der Waals surface area contributed by atoms with Gasteiger partial charge in [-0.25, -0.2) is 0 Å². The van der Waals surface area contributed by atoms with Gasteiger partial charge in [-0.1, -0.05) is 58.8 Å². The van der Waals surface area contributed by atoms with Crippen LogP contribution in [0.5, 0.6) is 0 Å². The first-order valence-corrected chi connectivity index (χ1v) is 8.11. The number of nitrogens with zero attached hydrogens (tertiary/aromatic N) is 1. The number of aliphatic hydroxyl groups excluding tert-OH is 1. The summed E-state index contributed by atoms with van der Waals surface area (Å²) in [6.07, 6.45) is 15.6. The zero-order valence-corrected chi connectivity index (χ0v) is 12.8. The summed E-state index contributed by atoms with van der Waals surface area (Å²) in [6.45, 7) is 5.37. The van der Waals surface area contributed by atoms with Crippen LogP contribution in [-0.2, 0) is 6.54 Å². The van der Waals surface area contributed by atoms with Crippen LogP contribution in [0.2, 0.25) is 0 Å². The van der Waals surface area contributed by atoms with E-state index in [9.17, 15) is 5.11 Å². The molecule has 0 saturated heterocycles. The first kappa shape index (κ1) is 16.3. The Kier molecular flexibility index (Phi) is 8.64. The molecule has 0 bridgehead atoms. The average molecular weight is 265 g/mol.